The minimum absolute atomic E-state index is 0.567. The molecule has 0 saturated carbocycles. The molecule has 0 radical (unpaired) electrons. The maximum Gasteiger partial charge on any atom is 0.173 e. The average Bonchev–Trinajstić information content (AvgIpc) is 2.89. The van der Waals surface area contributed by atoms with E-state index in [0.29, 0.717) is 31.3 Å². The van der Waals surface area contributed by atoms with Crippen LogP contribution in [0.1, 0.15) is 40.0 Å². The van der Waals surface area contributed by atoms with E-state index in [0.717, 1.165) is 58.8 Å². The van der Waals surface area contributed by atoms with Crippen LogP contribution in [0.5, 0.6) is 28.7 Å². The molecule has 0 saturated heterocycles. The van der Waals surface area contributed by atoms with Crippen molar-refractivity contribution in [1.29, 1.82) is 0 Å². The van der Waals surface area contributed by atoms with E-state index in [2.05, 4.69) is 20.8 Å². The summed E-state index contributed by atoms with van der Waals surface area (Å²) in [6.45, 7) is 8.23. The Bertz CT molecular complexity index is 1030. The monoisotopic (exact) mass is 464 g/mol. The summed E-state index contributed by atoms with van der Waals surface area (Å²) in [5.41, 5.74) is 3.73. The van der Waals surface area contributed by atoms with Crippen LogP contribution in [0.4, 0.5) is 0 Å². The van der Waals surface area contributed by atoms with Gasteiger partial charge in [-0.2, -0.15) is 0 Å². The second-order valence-electron chi connectivity index (χ2n) is 7.96. The van der Waals surface area contributed by atoms with Gasteiger partial charge in [-0.1, -0.05) is 45.0 Å². The Hall–Kier alpha value is -3.34. The van der Waals surface area contributed by atoms with Crippen LogP contribution in [0.2, 0.25) is 0 Å². The van der Waals surface area contributed by atoms with E-state index in [-0.39, 0.29) is 0 Å². The van der Waals surface area contributed by atoms with Gasteiger partial charge < -0.3 is 23.7 Å². The Labute approximate surface area is 203 Å². The molecule has 0 amide bonds. The van der Waals surface area contributed by atoms with Crippen LogP contribution >= 0.6 is 0 Å². The molecule has 0 bridgehead atoms. The number of hydrogen-bond donors (Lipinski definition) is 0. The van der Waals surface area contributed by atoms with Crippen molar-refractivity contribution in [2.45, 2.75) is 40.0 Å². The second kappa shape index (κ2) is 12.8. The second-order valence-corrected chi connectivity index (χ2v) is 7.96. The summed E-state index contributed by atoms with van der Waals surface area (Å²) in [6, 6.07) is 18.0. The fourth-order valence-corrected chi connectivity index (χ4v) is 3.70. The van der Waals surface area contributed by atoms with Gasteiger partial charge in [-0.15, -0.1) is 0 Å². The Balaban J connectivity index is 2.11. The van der Waals surface area contributed by atoms with Crippen molar-refractivity contribution in [1.82, 2.24) is 0 Å². The fourth-order valence-electron chi connectivity index (χ4n) is 3.70. The summed E-state index contributed by atoms with van der Waals surface area (Å²) in [4.78, 5) is 0. The van der Waals surface area contributed by atoms with Crippen molar-refractivity contribution in [3.8, 4) is 51.0 Å². The van der Waals surface area contributed by atoms with Gasteiger partial charge in [0.1, 0.15) is 17.2 Å². The number of methoxy groups -OCH3 is 2. The minimum Gasteiger partial charge on any atom is -0.496 e. The van der Waals surface area contributed by atoms with Crippen molar-refractivity contribution in [2.75, 3.05) is 34.0 Å². The summed E-state index contributed by atoms with van der Waals surface area (Å²) in [5.74, 6) is 3.76. The zero-order valence-corrected chi connectivity index (χ0v) is 21.0. The molecular weight excluding hydrogens is 428 g/mol. The summed E-state index contributed by atoms with van der Waals surface area (Å²) in [6.07, 6.45) is 2.81. The maximum absolute atomic E-state index is 6.28. The Morgan fingerprint density at radius 2 is 1.06 bits per heavy atom. The summed E-state index contributed by atoms with van der Waals surface area (Å²) < 4.78 is 29.6. The van der Waals surface area contributed by atoms with Gasteiger partial charge in [-0.3, -0.25) is 0 Å². The van der Waals surface area contributed by atoms with E-state index >= 15 is 0 Å². The first-order valence-corrected chi connectivity index (χ1v) is 12.0. The molecule has 0 heterocycles. The SMILES string of the molecule is CCCOc1ccc(-c2cc(OC)c(-c3ccc(OCCC)cc3)c(OCCC)c2OC)cc1. The molecule has 0 fully saturated rings. The Morgan fingerprint density at radius 1 is 0.559 bits per heavy atom. The van der Waals surface area contributed by atoms with Gasteiger partial charge in [0.05, 0.1) is 39.6 Å². The van der Waals surface area contributed by atoms with Crippen molar-refractivity contribution >= 4 is 0 Å². The molecule has 3 aromatic rings. The summed E-state index contributed by atoms with van der Waals surface area (Å²) in [7, 11) is 3.35. The number of hydrogen-bond acceptors (Lipinski definition) is 5. The normalized spacial score (nSPS) is 10.6. The van der Waals surface area contributed by atoms with E-state index in [9.17, 15) is 0 Å². The molecule has 182 valence electrons. The first kappa shape index (κ1) is 25.3. The molecule has 5 heteroatoms. The van der Waals surface area contributed by atoms with Crippen LogP contribution in [0.25, 0.3) is 22.3 Å². The first-order valence-electron chi connectivity index (χ1n) is 12.0. The van der Waals surface area contributed by atoms with Crippen LogP contribution in [0.3, 0.4) is 0 Å². The standard InChI is InChI=1S/C29H36O5/c1-6-17-32-23-13-9-21(10-14-23)25-20-26(30-4)27(29(28(25)31-5)34-19-8-3)22-11-15-24(16-12-22)33-18-7-2/h9-16,20H,6-8,17-19H2,1-5H3. The Kier molecular flexibility index (Phi) is 9.51. The number of benzene rings is 3. The smallest absolute Gasteiger partial charge is 0.173 e. The van der Waals surface area contributed by atoms with Crippen LogP contribution in [0, 0.1) is 0 Å². The van der Waals surface area contributed by atoms with Crippen molar-refractivity contribution in [3.05, 3.63) is 54.6 Å². The lowest BCUT2D eigenvalue weighted by molar-refractivity contribution is 0.294. The van der Waals surface area contributed by atoms with Gasteiger partial charge in [-0.25, -0.2) is 0 Å². The highest BCUT2D eigenvalue weighted by Crippen LogP contribution is 2.50. The third-order valence-electron chi connectivity index (χ3n) is 5.33. The molecule has 0 aliphatic heterocycles. The van der Waals surface area contributed by atoms with Gasteiger partial charge in [0, 0.05) is 5.56 Å². The third-order valence-corrected chi connectivity index (χ3v) is 5.33. The molecule has 5 nitrogen and oxygen atoms in total. The minimum atomic E-state index is 0.567. The third kappa shape index (κ3) is 5.96. The Morgan fingerprint density at radius 3 is 1.53 bits per heavy atom. The van der Waals surface area contributed by atoms with Gasteiger partial charge in [0.25, 0.3) is 0 Å². The molecule has 0 atom stereocenters. The quantitative estimate of drug-likeness (QED) is 0.264. The van der Waals surface area contributed by atoms with E-state index in [1.54, 1.807) is 14.2 Å². The number of rotatable bonds is 13. The molecule has 0 aliphatic rings. The molecular formula is C29H36O5. The van der Waals surface area contributed by atoms with Crippen molar-refractivity contribution in [3.63, 3.8) is 0 Å². The zero-order chi connectivity index (χ0) is 24.3. The lowest BCUT2D eigenvalue weighted by Crippen LogP contribution is -2.03. The van der Waals surface area contributed by atoms with Crippen molar-refractivity contribution in [2.24, 2.45) is 0 Å². The molecule has 0 N–H and O–H groups in total. The van der Waals surface area contributed by atoms with Crippen LogP contribution in [-0.4, -0.2) is 34.0 Å². The van der Waals surface area contributed by atoms with E-state index in [1.807, 2.05) is 54.6 Å². The van der Waals surface area contributed by atoms with Gasteiger partial charge in [0.2, 0.25) is 0 Å². The summed E-state index contributed by atoms with van der Waals surface area (Å²) in [5, 5.41) is 0. The lowest BCUT2D eigenvalue weighted by Gasteiger charge is -2.21. The average molecular weight is 465 g/mol. The van der Waals surface area contributed by atoms with Gasteiger partial charge in [0.15, 0.2) is 11.5 Å². The molecule has 3 rings (SSSR count). The largest absolute Gasteiger partial charge is 0.496 e. The molecule has 0 aliphatic carbocycles. The zero-order valence-electron chi connectivity index (χ0n) is 21.0. The molecule has 0 aromatic heterocycles. The van der Waals surface area contributed by atoms with E-state index in [1.165, 1.54) is 0 Å². The van der Waals surface area contributed by atoms with Crippen LogP contribution in [0.15, 0.2) is 54.6 Å². The van der Waals surface area contributed by atoms with Crippen molar-refractivity contribution < 1.29 is 23.7 Å². The topological polar surface area (TPSA) is 46.2 Å². The van der Waals surface area contributed by atoms with Gasteiger partial charge >= 0.3 is 0 Å². The highest BCUT2D eigenvalue weighted by Gasteiger charge is 2.23. The summed E-state index contributed by atoms with van der Waals surface area (Å²) >= 11 is 0. The molecule has 34 heavy (non-hydrogen) atoms. The highest BCUT2D eigenvalue weighted by molar-refractivity contribution is 5.88. The van der Waals surface area contributed by atoms with Crippen LogP contribution < -0.4 is 23.7 Å². The van der Waals surface area contributed by atoms with E-state index < -0.39 is 0 Å². The lowest BCUT2D eigenvalue weighted by atomic mass is 9.96. The first-order chi connectivity index (χ1) is 16.7. The molecule has 3 aromatic carbocycles. The maximum atomic E-state index is 6.28. The van der Waals surface area contributed by atoms with E-state index in [4.69, 9.17) is 23.7 Å². The highest BCUT2D eigenvalue weighted by atomic mass is 16.5. The van der Waals surface area contributed by atoms with Gasteiger partial charge in [-0.05, 0) is 60.7 Å². The molecule has 0 unspecified atom stereocenters. The predicted octanol–water partition coefficient (Wildman–Crippen LogP) is 7.40. The van der Waals surface area contributed by atoms with Crippen LogP contribution in [-0.2, 0) is 0 Å². The fraction of sp³-hybridized carbons (Fsp3) is 0.379. The predicted molar refractivity (Wildman–Crippen MR) is 138 cm³/mol. The molecule has 0 spiro atoms. The number of ether oxygens (including phenoxy) is 5.